The Bertz CT molecular complexity index is 442. The number of benzene rings is 1. The van der Waals surface area contributed by atoms with Crippen LogP contribution < -0.4 is 0 Å². The molecule has 1 aromatic carbocycles. The van der Waals surface area contributed by atoms with Crippen LogP contribution >= 0.6 is 0 Å². The second kappa shape index (κ2) is 8.20. The van der Waals surface area contributed by atoms with E-state index in [0.29, 0.717) is 11.7 Å². The molecule has 0 radical (unpaired) electrons. The molecule has 0 aliphatic heterocycles. The molecule has 0 aliphatic carbocycles. The maximum Gasteiger partial charge on any atom is 0.309 e. The summed E-state index contributed by atoms with van der Waals surface area (Å²) in [6.07, 6.45) is 0. The third-order valence-electron chi connectivity index (χ3n) is 3.39. The van der Waals surface area contributed by atoms with Crippen LogP contribution in [0.2, 0.25) is 0 Å². The van der Waals surface area contributed by atoms with Gasteiger partial charge in [0.2, 0.25) is 0 Å². The first-order valence-corrected chi connectivity index (χ1v) is 8.37. The summed E-state index contributed by atoms with van der Waals surface area (Å²) in [6, 6.07) is 9.57. The maximum absolute atomic E-state index is 12.1. The summed E-state index contributed by atoms with van der Waals surface area (Å²) in [4.78, 5) is 11.9. The van der Waals surface area contributed by atoms with Crippen molar-refractivity contribution in [3.05, 3.63) is 35.9 Å². The highest BCUT2D eigenvalue weighted by molar-refractivity contribution is 7.85. The van der Waals surface area contributed by atoms with Crippen molar-refractivity contribution >= 4 is 16.8 Å². The minimum atomic E-state index is -0.994. The van der Waals surface area contributed by atoms with Crippen LogP contribution in [-0.2, 0) is 26.9 Å². The molecule has 0 saturated carbocycles. The Hall–Kier alpha value is -1.16. The van der Waals surface area contributed by atoms with Gasteiger partial charge < -0.3 is 4.74 Å². The zero-order chi connectivity index (χ0) is 15.1. The fourth-order valence-electron chi connectivity index (χ4n) is 1.64. The molecule has 1 rings (SSSR count). The van der Waals surface area contributed by atoms with Gasteiger partial charge in [0.05, 0.1) is 5.92 Å². The van der Waals surface area contributed by atoms with E-state index in [1.54, 1.807) is 6.92 Å². The highest BCUT2D eigenvalue weighted by Crippen LogP contribution is 2.13. The molecule has 3 atom stereocenters. The number of carbonyl (C=O) groups is 1. The van der Waals surface area contributed by atoms with Crippen molar-refractivity contribution in [2.24, 2.45) is 11.8 Å². The number of hydrogen-bond donors (Lipinski definition) is 0. The molecule has 0 heterocycles. The first kappa shape index (κ1) is 16.9. The van der Waals surface area contributed by atoms with Gasteiger partial charge in [-0.25, -0.2) is 0 Å². The monoisotopic (exact) mass is 296 g/mol. The van der Waals surface area contributed by atoms with Gasteiger partial charge in [-0.05, 0) is 11.5 Å². The predicted octanol–water partition coefficient (Wildman–Crippen LogP) is 3.16. The molecule has 0 amide bonds. The fraction of sp³-hybridized carbons (Fsp3) is 0.562. The van der Waals surface area contributed by atoms with Crippen LogP contribution in [0.15, 0.2) is 30.3 Å². The third kappa shape index (κ3) is 5.45. The third-order valence-corrected chi connectivity index (χ3v) is 5.60. The molecule has 112 valence electrons. The van der Waals surface area contributed by atoms with Crippen molar-refractivity contribution in [3.63, 3.8) is 0 Å². The molecular weight excluding hydrogens is 272 g/mol. The van der Waals surface area contributed by atoms with Gasteiger partial charge in [-0.1, -0.05) is 58.0 Å². The summed E-state index contributed by atoms with van der Waals surface area (Å²) >= 11 is 0. The van der Waals surface area contributed by atoms with Crippen LogP contribution in [0.5, 0.6) is 0 Å². The van der Waals surface area contributed by atoms with Gasteiger partial charge >= 0.3 is 5.97 Å². The van der Waals surface area contributed by atoms with Crippen LogP contribution in [0, 0.1) is 11.8 Å². The average molecular weight is 296 g/mol. The summed E-state index contributed by atoms with van der Waals surface area (Å²) in [7, 11) is -0.994. The number of hydrogen-bond acceptors (Lipinski definition) is 3. The Morgan fingerprint density at radius 3 is 2.30 bits per heavy atom. The van der Waals surface area contributed by atoms with Crippen molar-refractivity contribution in [3.8, 4) is 0 Å². The minimum Gasteiger partial charge on any atom is -0.461 e. The Balaban J connectivity index is 2.41. The lowest BCUT2D eigenvalue weighted by atomic mass is 10.2. The van der Waals surface area contributed by atoms with Gasteiger partial charge in [0.15, 0.2) is 0 Å². The van der Waals surface area contributed by atoms with E-state index in [2.05, 4.69) is 0 Å². The molecule has 4 heteroatoms. The molecule has 3 unspecified atom stereocenters. The molecule has 20 heavy (non-hydrogen) atoms. The Kier molecular flexibility index (Phi) is 6.93. The first-order valence-electron chi connectivity index (χ1n) is 6.99. The summed E-state index contributed by atoms with van der Waals surface area (Å²) in [6.45, 7) is 8.10. The maximum atomic E-state index is 12.1. The first-order chi connectivity index (χ1) is 9.41. The quantitative estimate of drug-likeness (QED) is 0.726. The lowest BCUT2D eigenvalue weighted by Crippen LogP contribution is -2.27. The Morgan fingerprint density at radius 2 is 1.75 bits per heavy atom. The van der Waals surface area contributed by atoms with Crippen LogP contribution in [0.1, 0.15) is 33.3 Å². The van der Waals surface area contributed by atoms with Crippen molar-refractivity contribution in [1.82, 2.24) is 0 Å². The molecule has 0 saturated heterocycles. The van der Waals surface area contributed by atoms with E-state index in [4.69, 9.17) is 4.74 Å². The van der Waals surface area contributed by atoms with Crippen molar-refractivity contribution < 1.29 is 13.7 Å². The molecule has 0 aliphatic rings. The van der Waals surface area contributed by atoms with Gasteiger partial charge in [-0.15, -0.1) is 0 Å². The highest BCUT2D eigenvalue weighted by Gasteiger charge is 2.22. The smallest absolute Gasteiger partial charge is 0.309 e. The normalized spacial score (nSPS) is 15.7. The molecule has 1 aromatic rings. The summed E-state index contributed by atoms with van der Waals surface area (Å²) in [5.74, 6) is 0.106. The summed E-state index contributed by atoms with van der Waals surface area (Å²) in [5.41, 5.74) is 0.963. The number of carbonyl (C=O) groups excluding carboxylic acids is 1. The van der Waals surface area contributed by atoms with E-state index in [1.807, 2.05) is 51.1 Å². The van der Waals surface area contributed by atoms with E-state index in [9.17, 15) is 9.00 Å². The van der Waals surface area contributed by atoms with Gasteiger partial charge in [0.25, 0.3) is 0 Å². The SMILES string of the molecule is CC(CS(=O)C(C)C(C)C)C(=O)OCc1ccccc1. The van der Waals surface area contributed by atoms with Gasteiger partial charge in [0, 0.05) is 21.8 Å². The standard InChI is InChI=1S/C16H24O3S/c1-12(2)14(4)20(18)11-13(3)16(17)19-10-15-8-6-5-7-9-15/h5-9,12-14H,10-11H2,1-4H3. The largest absolute Gasteiger partial charge is 0.461 e. The molecule has 0 bridgehead atoms. The van der Waals surface area contributed by atoms with E-state index in [0.717, 1.165) is 5.56 Å². The van der Waals surface area contributed by atoms with Crippen LogP contribution in [0.3, 0.4) is 0 Å². The number of ether oxygens (including phenoxy) is 1. The van der Waals surface area contributed by atoms with Crippen LogP contribution in [0.25, 0.3) is 0 Å². The number of esters is 1. The Labute approximate surface area is 124 Å². The number of rotatable bonds is 7. The second-order valence-electron chi connectivity index (χ2n) is 5.49. The van der Waals surface area contributed by atoms with Crippen LogP contribution in [-0.4, -0.2) is 21.2 Å². The van der Waals surface area contributed by atoms with Crippen LogP contribution in [0.4, 0.5) is 0 Å². The van der Waals surface area contributed by atoms with Crippen molar-refractivity contribution in [2.45, 2.75) is 39.6 Å². The highest BCUT2D eigenvalue weighted by atomic mass is 32.2. The van der Waals surface area contributed by atoms with Crippen molar-refractivity contribution in [1.29, 1.82) is 0 Å². The molecule has 0 spiro atoms. The molecule has 0 aromatic heterocycles. The zero-order valence-corrected chi connectivity index (χ0v) is 13.5. The van der Waals surface area contributed by atoms with E-state index >= 15 is 0 Å². The molecular formula is C16H24O3S. The van der Waals surface area contributed by atoms with Crippen molar-refractivity contribution in [2.75, 3.05) is 5.75 Å². The lowest BCUT2D eigenvalue weighted by Gasteiger charge is -2.17. The van der Waals surface area contributed by atoms with E-state index < -0.39 is 10.8 Å². The van der Waals surface area contributed by atoms with E-state index in [-0.39, 0.29) is 23.7 Å². The average Bonchev–Trinajstić information content (AvgIpc) is 2.44. The Morgan fingerprint density at radius 1 is 1.15 bits per heavy atom. The minimum absolute atomic E-state index is 0.0966. The fourth-order valence-corrected chi connectivity index (χ4v) is 3.18. The molecule has 0 fully saturated rings. The topological polar surface area (TPSA) is 43.4 Å². The second-order valence-corrected chi connectivity index (χ2v) is 7.33. The molecule has 0 N–H and O–H groups in total. The van der Waals surface area contributed by atoms with Gasteiger partial charge in [0.1, 0.15) is 6.61 Å². The van der Waals surface area contributed by atoms with E-state index in [1.165, 1.54) is 0 Å². The zero-order valence-electron chi connectivity index (χ0n) is 12.7. The van der Waals surface area contributed by atoms with Gasteiger partial charge in [-0.3, -0.25) is 9.00 Å². The van der Waals surface area contributed by atoms with Gasteiger partial charge in [-0.2, -0.15) is 0 Å². The summed E-state index contributed by atoms with van der Waals surface area (Å²) in [5, 5.41) is 0.0966. The molecule has 3 nitrogen and oxygen atoms in total. The summed E-state index contributed by atoms with van der Waals surface area (Å²) < 4.78 is 17.3. The predicted molar refractivity (Wildman–Crippen MR) is 82.7 cm³/mol. The lowest BCUT2D eigenvalue weighted by molar-refractivity contribution is -0.148.